The van der Waals surface area contributed by atoms with Crippen LogP contribution in [0.15, 0.2) is 24.3 Å². The lowest BCUT2D eigenvalue weighted by molar-refractivity contribution is -0.274. The summed E-state index contributed by atoms with van der Waals surface area (Å²) >= 11 is 0. The molecule has 180 valence electrons. The summed E-state index contributed by atoms with van der Waals surface area (Å²) in [7, 11) is 0. The Kier molecular flexibility index (Phi) is 7.18. The Balaban J connectivity index is 1.23. The zero-order valence-corrected chi connectivity index (χ0v) is 18.1. The van der Waals surface area contributed by atoms with E-state index in [2.05, 4.69) is 4.74 Å². The van der Waals surface area contributed by atoms with Crippen LogP contribution in [-0.4, -0.2) is 25.2 Å². The third-order valence-electron chi connectivity index (χ3n) is 7.50. The van der Waals surface area contributed by atoms with Crippen LogP contribution in [0.3, 0.4) is 0 Å². The topological polar surface area (TPSA) is 27.7 Å². The van der Waals surface area contributed by atoms with Crippen molar-refractivity contribution in [3.8, 4) is 11.5 Å². The van der Waals surface area contributed by atoms with E-state index in [1.54, 1.807) is 0 Å². The zero-order chi connectivity index (χ0) is 22.8. The standard InChI is InChI=1S/C24H31F5O3/c25-23(26,31-20-10-12-21(13-11-20)32-24(27,28)29)19-8-5-17(6-9-19)22-14-7-18(15-30-22)16-3-1-2-4-16/h10-13,16-19,22H,1-9,14-15H2. The summed E-state index contributed by atoms with van der Waals surface area (Å²) in [4.78, 5) is 0. The molecule has 1 aromatic rings. The number of ether oxygens (including phenoxy) is 3. The van der Waals surface area contributed by atoms with Gasteiger partial charge in [-0.3, -0.25) is 0 Å². The van der Waals surface area contributed by atoms with E-state index >= 15 is 0 Å². The van der Waals surface area contributed by atoms with E-state index in [0.29, 0.717) is 37.5 Å². The minimum absolute atomic E-state index is 0.171. The van der Waals surface area contributed by atoms with Crippen LogP contribution in [-0.2, 0) is 4.74 Å². The first kappa shape index (κ1) is 23.6. The fourth-order valence-electron chi connectivity index (χ4n) is 5.74. The molecule has 0 aromatic heterocycles. The fraction of sp³-hybridized carbons (Fsp3) is 0.750. The average Bonchev–Trinajstić information content (AvgIpc) is 3.29. The molecule has 3 fully saturated rings. The highest BCUT2D eigenvalue weighted by molar-refractivity contribution is 5.31. The molecule has 0 spiro atoms. The molecular weight excluding hydrogens is 431 g/mol. The lowest BCUT2D eigenvalue weighted by Gasteiger charge is -2.40. The van der Waals surface area contributed by atoms with Gasteiger partial charge >= 0.3 is 12.5 Å². The fourth-order valence-corrected chi connectivity index (χ4v) is 5.74. The van der Waals surface area contributed by atoms with Crippen molar-refractivity contribution in [1.82, 2.24) is 0 Å². The van der Waals surface area contributed by atoms with E-state index in [4.69, 9.17) is 9.47 Å². The highest BCUT2D eigenvalue weighted by Crippen LogP contribution is 2.44. The second kappa shape index (κ2) is 9.74. The molecular formula is C24H31F5O3. The smallest absolute Gasteiger partial charge is 0.432 e. The lowest BCUT2D eigenvalue weighted by Crippen LogP contribution is -2.40. The van der Waals surface area contributed by atoms with Crippen LogP contribution in [0, 0.1) is 23.7 Å². The van der Waals surface area contributed by atoms with E-state index in [1.165, 1.54) is 32.1 Å². The first-order chi connectivity index (χ1) is 15.2. The maximum Gasteiger partial charge on any atom is 0.573 e. The van der Waals surface area contributed by atoms with Crippen LogP contribution >= 0.6 is 0 Å². The minimum Gasteiger partial charge on any atom is -0.432 e. The van der Waals surface area contributed by atoms with Crippen molar-refractivity contribution in [1.29, 1.82) is 0 Å². The number of hydrogen-bond donors (Lipinski definition) is 0. The Hall–Kier alpha value is -1.57. The quantitative estimate of drug-likeness (QED) is 0.414. The molecule has 2 saturated carbocycles. The Morgan fingerprint density at radius 1 is 0.656 bits per heavy atom. The molecule has 0 bridgehead atoms. The van der Waals surface area contributed by atoms with Gasteiger partial charge in [-0.05, 0) is 80.5 Å². The van der Waals surface area contributed by atoms with Gasteiger partial charge in [0.25, 0.3) is 0 Å². The number of hydrogen-bond acceptors (Lipinski definition) is 3. The number of halogens is 5. The van der Waals surface area contributed by atoms with Crippen molar-refractivity contribution in [3.63, 3.8) is 0 Å². The van der Waals surface area contributed by atoms with Crippen LogP contribution in [0.2, 0.25) is 0 Å². The van der Waals surface area contributed by atoms with Crippen LogP contribution < -0.4 is 9.47 Å². The third kappa shape index (κ3) is 6.06. The monoisotopic (exact) mass is 462 g/mol. The minimum atomic E-state index is -4.83. The van der Waals surface area contributed by atoms with E-state index in [0.717, 1.165) is 43.2 Å². The van der Waals surface area contributed by atoms with E-state index in [-0.39, 0.29) is 11.9 Å². The van der Waals surface area contributed by atoms with E-state index in [9.17, 15) is 22.0 Å². The predicted molar refractivity (Wildman–Crippen MR) is 109 cm³/mol. The van der Waals surface area contributed by atoms with Crippen LogP contribution in [0.5, 0.6) is 11.5 Å². The summed E-state index contributed by atoms with van der Waals surface area (Å²) in [5.74, 6) is 0.203. The van der Waals surface area contributed by atoms with Gasteiger partial charge in [-0.15, -0.1) is 13.2 Å². The van der Waals surface area contributed by atoms with Crippen LogP contribution in [0.4, 0.5) is 22.0 Å². The van der Waals surface area contributed by atoms with Gasteiger partial charge in [-0.2, -0.15) is 8.78 Å². The van der Waals surface area contributed by atoms with E-state index in [1.807, 2.05) is 0 Å². The van der Waals surface area contributed by atoms with Crippen molar-refractivity contribution >= 4 is 0 Å². The van der Waals surface area contributed by atoms with Crippen LogP contribution in [0.1, 0.15) is 64.2 Å². The SMILES string of the molecule is FC(F)(F)Oc1ccc(OC(F)(F)C2CCC(C3CCC(C4CCCC4)CO3)CC2)cc1. The average molecular weight is 462 g/mol. The molecule has 3 nitrogen and oxygen atoms in total. The summed E-state index contributed by atoms with van der Waals surface area (Å²) in [5.41, 5.74) is 0. The van der Waals surface area contributed by atoms with Gasteiger partial charge in [0.05, 0.1) is 18.6 Å². The first-order valence-electron chi connectivity index (χ1n) is 11.7. The first-order valence-corrected chi connectivity index (χ1v) is 11.7. The molecule has 1 aromatic carbocycles. The van der Waals surface area contributed by atoms with Crippen molar-refractivity contribution in [2.45, 2.75) is 82.8 Å². The molecule has 1 heterocycles. The number of alkyl halides is 5. The summed E-state index contributed by atoms with van der Waals surface area (Å²) in [6.45, 7) is 0.808. The Morgan fingerprint density at radius 2 is 1.22 bits per heavy atom. The van der Waals surface area contributed by atoms with E-state index < -0.39 is 24.1 Å². The maximum absolute atomic E-state index is 14.7. The molecule has 0 radical (unpaired) electrons. The lowest BCUT2D eigenvalue weighted by atomic mass is 9.75. The van der Waals surface area contributed by atoms with Crippen molar-refractivity contribution in [2.24, 2.45) is 23.7 Å². The number of rotatable bonds is 6. The van der Waals surface area contributed by atoms with Crippen molar-refractivity contribution < 1.29 is 36.2 Å². The molecule has 1 saturated heterocycles. The summed E-state index contributed by atoms with van der Waals surface area (Å²) in [5, 5.41) is 0. The normalized spacial score (nSPS) is 30.3. The zero-order valence-electron chi connectivity index (χ0n) is 18.1. The van der Waals surface area contributed by atoms with Gasteiger partial charge in [-0.1, -0.05) is 25.7 Å². The van der Waals surface area contributed by atoms with Gasteiger partial charge < -0.3 is 14.2 Å². The second-order valence-electron chi connectivity index (χ2n) is 9.55. The highest BCUT2D eigenvalue weighted by atomic mass is 19.4. The number of benzene rings is 1. The Bertz CT molecular complexity index is 714. The van der Waals surface area contributed by atoms with Crippen LogP contribution in [0.25, 0.3) is 0 Å². The molecule has 8 heteroatoms. The highest BCUT2D eigenvalue weighted by Gasteiger charge is 2.45. The Labute approximate surface area is 185 Å². The molecule has 4 rings (SSSR count). The van der Waals surface area contributed by atoms with Crippen molar-refractivity contribution in [3.05, 3.63) is 24.3 Å². The van der Waals surface area contributed by atoms with Gasteiger partial charge in [0, 0.05) is 0 Å². The molecule has 0 N–H and O–H groups in total. The molecule has 0 amide bonds. The van der Waals surface area contributed by atoms with Crippen molar-refractivity contribution in [2.75, 3.05) is 6.61 Å². The molecule has 2 unspecified atom stereocenters. The maximum atomic E-state index is 14.7. The Morgan fingerprint density at radius 3 is 1.75 bits per heavy atom. The summed E-state index contributed by atoms with van der Waals surface area (Å²) < 4.78 is 80.9. The third-order valence-corrected chi connectivity index (χ3v) is 7.50. The summed E-state index contributed by atoms with van der Waals surface area (Å²) in [6, 6.07) is 4.07. The largest absolute Gasteiger partial charge is 0.573 e. The van der Waals surface area contributed by atoms with Gasteiger partial charge in [0.15, 0.2) is 0 Å². The van der Waals surface area contributed by atoms with Gasteiger partial charge in [0.1, 0.15) is 11.5 Å². The molecule has 2 atom stereocenters. The second-order valence-corrected chi connectivity index (χ2v) is 9.55. The molecule has 32 heavy (non-hydrogen) atoms. The molecule has 2 aliphatic carbocycles. The predicted octanol–water partition coefficient (Wildman–Crippen LogP) is 7.35. The molecule has 1 aliphatic heterocycles. The molecule has 3 aliphatic rings. The summed E-state index contributed by atoms with van der Waals surface area (Å²) in [6.07, 6.45) is 1.52. The van der Waals surface area contributed by atoms with Gasteiger partial charge in [0.2, 0.25) is 0 Å². The van der Waals surface area contributed by atoms with Gasteiger partial charge in [-0.25, -0.2) is 0 Å².